The Hall–Kier alpha value is -3.27. The van der Waals surface area contributed by atoms with Gasteiger partial charge in [-0.2, -0.15) is 18.2 Å². The Morgan fingerprint density at radius 1 is 1.00 bits per heavy atom. The molecule has 4 rings (SSSR count). The van der Waals surface area contributed by atoms with E-state index in [1.54, 1.807) is 17.0 Å². The van der Waals surface area contributed by atoms with Crippen LogP contribution in [0.15, 0.2) is 53.1 Å². The average Bonchev–Trinajstić information content (AvgIpc) is 3.15. The van der Waals surface area contributed by atoms with Crippen LogP contribution in [0.2, 0.25) is 0 Å². The van der Waals surface area contributed by atoms with E-state index in [0.717, 1.165) is 17.7 Å². The molecule has 2 aromatic carbocycles. The van der Waals surface area contributed by atoms with Gasteiger partial charge in [0.05, 0.1) is 12.1 Å². The number of aromatic nitrogens is 2. The van der Waals surface area contributed by atoms with Crippen molar-refractivity contribution in [3.8, 4) is 11.4 Å². The zero-order chi connectivity index (χ0) is 22.7. The van der Waals surface area contributed by atoms with Crippen LogP contribution in [0, 0.1) is 5.82 Å². The molecule has 1 aromatic heterocycles. The quantitative estimate of drug-likeness (QED) is 0.550. The van der Waals surface area contributed by atoms with Crippen molar-refractivity contribution in [1.29, 1.82) is 0 Å². The summed E-state index contributed by atoms with van der Waals surface area (Å²) in [5.41, 5.74) is 0.396. The van der Waals surface area contributed by atoms with Crippen LogP contribution in [-0.4, -0.2) is 45.5 Å². The number of rotatable bonds is 5. The van der Waals surface area contributed by atoms with Crippen LogP contribution in [0.4, 0.5) is 17.6 Å². The van der Waals surface area contributed by atoms with E-state index in [1.807, 2.05) is 4.90 Å². The number of hydrogen-bond acceptors (Lipinski definition) is 5. The van der Waals surface area contributed by atoms with Gasteiger partial charge in [0, 0.05) is 38.2 Å². The molecule has 0 saturated carbocycles. The first-order valence-electron chi connectivity index (χ1n) is 10.0. The van der Waals surface area contributed by atoms with Crippen molar-refractivity contribution in [3.63, 3.8) is 0 Å². The molecule has 0 bridgehead atoms. The number of hydrogen-bond donors (Lipinski definition) is 0. The third kappa shape index (κ3) is 5.31. The van der Waals surface area contributed by atoms with Crippen LogP contribution in [0.3, 0.4) is 0 Å². The molecule has 0 atom stereocenters. The molecule has 6 nitrogen and oxygen atoms in total. The molecule has 0 unspecified atom stereocenters. The lowest BCUT2D eigenvalue weighted by Crippen LogP contribution is -2.32. The van der Waals surface area contributed by atoms with Gasteiger partial charge in [0.2, 0.25) is 17.6 Å². The van der Waals surface area contributed by atoms with Crippen LogP contribution in [0.25, 0.3) is 11.4 Å². The van der Waals surface area contributed by atoms with E-state index in [2.05, 4.69) is 10.1 Å². The van der Waals surface area contributed by atoms with Crippen LogP contribution in [0.5, 0.6) is 0 Å². The predicted octanol–water partition coefficient (Wildman–Crippen LogP) is 4.13. The van der Waals surface area contributed by atoms with Gasteiger partial charge >= 0.3 is 6.18 Å². The third-order valence-corrected chi connectivity index (χ3v) is 5.24. The second kappa shape index (κ2) is 9.07. The first kappa shape index (κ1) is 21.9. The normalized spacial score (nSPS) is 15.8. The number of carbonyl (C=O) groups is 1. The molecule has 0 N–H and O–H groups in total. The van der Waals surface area contributed by atoms with Gasteiger partial charge in [-0.05, 0) is 29.8 Å². The zero-order valence-corrected chi connectivity index (χ0v) is 17.0. The molecule has 10 heteroatoms. The fourth-order valence-electron chi connectivity index (χ4n) is 3.53. The molecular weight excluding hydrogens is 428 g/mol. The molecule has 0 aliphatic carbocycles. The molecule has 1 aliphatic rings. The highest BCUT2D eigenvalue weighted by Gasteiger charge is 2.30. The topological polar surface area (TPSA) is 62.5 Å². The minimum atomic E-state index is -4.41. The molecule has 1 aliphatic heterocycles. The van der Waals surface area contributed by atoms with Gasteiger partial charge in [0.1, 0.15) is 5.82 Å². The standard InChI is InChI=1S/C22H20F4N4O2/c23-18-3-1-2-15(12-18)13-30-11-10-29(9-8-20(30)31)14-19-27-21(28-32-19)16-4-6-17(7-5-16)22(24,25)26/h1-7,12H,8-11,13-14H2. The fourth-order valence-corrected chi connectivity index (χ4v) is 3.53. The summed E-state index contributed by atoms with van der Waals surface area (Å²) in [4.78, 5) is 20.4. The van der Waals surface area contributed by atoms with Gasteiger partial charge in [0.15, 0.2) is 0 Å². The fraction of sp³-hybridized carbons (Fsp3) is 0.318. The van der Waals surface area contributed by atoms with Crippen molar-refractivity contribution in [2.75, 3.05) is 19.6 Å². The lowest BCUT2D eigenvalue weighted by atomic mass is 10.1. The monoisotopic (exact) mass is 448 g/mol. The van der Waals surface area contributed by atoms with Gasteiger partial charge in [-0.1, -0.05) is 29.4 Å². The average molecular weight is 448 g/mol. The van der Waals surface area contributed by atoms with Crippen molar-refractivity contribution in [1.82, 2.24) is 19.9 Å². The third-order valence-electron chi connectivity index (χ3n) is 5.24. The number of amides is 1. The Morgan fingerprint density at radius 2 is 1.78 bits per heavy atom. The van der Waals surface area contributed by atoms with Gasteiger partial charge in [-0.3, -0.25) is 9.69 Å². The van der Waals surface area contributed by atoms with Crippen molar-refractivity contribution >= 4 is 5.91 Å². The van der Waals surface area contributed by atoms with Gasteiger partial charge in [-0.25, -0.2) is 4.39 Å². The number of halogens is 4. The van der Waals surface area contributed by atoms with Crippen molar-refractivity contribution in [2.24, 2.45) is 0 Å². The lowest BCUT2D eigenvalue weighted by molar-refractivity contribution is -0.137. The molecule has 1 fully saturated rings. The van der Waals surface area contributed by atoms with E-state index in [9.17, 15) is 22.4 Å². The maximum Gasteiger partial charge on any atom is 0.416 e. The number of benzene rings is 2. The van der Waals surface area contributed by atoms with E-state index in [1.165, 1.54) is 24.3 Å². The molecule has 2 heterocycles. The summed E-state index contributed by atoms with van der Waals surface area (Å²) in [7, 11) is 0. The van der Waals surface area contributed by atoms with Gasteiger partial charge < -0.3 is 9.42 Å². The molecule has 1 saturated heterocycles. The van der Waals surface area contributed by atoms with Crippen LogP contribution in [0.1, 0.15) is 23.4 Å². The van der Waals surface area contributed by atoms with Crippen LogP contribution in [-0.2, 0) is 24.1 Å². The first-order valence-corrected chi connectivity index (χ1v) is 10.0. The van der Waals surface area contributed by atoms with Crippen LogP contribution >= 0.6 is 0 Å². The Morgan fingerprint density at radius 3 is 2.50 bits per heavy atom. The summed E-state index contributed by atoms with van der Waals surface area (Å²) in [5, 5.41) is 3.85. The van der Waals surface area contributed by atoms with Crippen molar-refractivity contribution in [2.45, 2.75) is 25.7 Å². The Balaban J connectivity index is 1.37. The molecule has 3 aromatic rings. The molecule has 0 spiro atoms. The van der Waals surface area contributed by atoms with E-state index >= 15 is 0 Å². The summed E-state index contributed by atoms with van der Waals surface area (Å²) in [6.07, 6.45) is -4.11. The first-order chi connectivity index (χ1) is 15.3. The largest absolute Gasteiger partial charge is 0.416 e. The molecule has 0 radical (unpaired) electrons. The summed E-state index contributed by atoms with van der Waals surface area (Å²) >= 11 is 0. The summed E-state index contributed by atoms with van der Waals surface area (Å²) in [6.45, 7) is 2.18. The van der Waals surface area contributed by atoms with E-state index in [0.29, 0.717) is 50.6 Å². The Labute approximate surface area is 181 Å². The highest BCUT2D eigenvalue weighted by Crippen LogP contribution is 2.30. The summed E-state index contributed by atoms with van der Waals surface area (Å²) < 4.78 is 56.8. The van der Waals surface area contributed by atoms with E-state index in [-0.39, 0.29) is 17.5 Å². The Bertz CT molecular complexity index is 1080. The maximum atomic E-state index is 13.4. The van der Waals surface area contributed by atoms with Crippen molar-refractivity contribution in [3.05, 3.63) is 71.4 Å². The summed E-state index contributed by atoms with van der Waals surface area (Å²) in [6, 6.07) is 10.7. The highest BCUT2D eigenvalue weighted by molar-refractivity contribution is 5.76. The molecule has 168 valence electrons. The van der Waals surface area contributed by atoms with E-state index < -0.39 is 11.7 Å². The smallest absolute Gasteiger partial charge is 0.338 e. The number of alkyl halides is 3. The Kier molecular flexibility index (Phi) is 6.22. The molecule has 1 amide bonds. The number of nitrogens with zero attached hydrogens (tertiary/aromatic N) is 4. The summed E-state index contributed by atoms with van der Waals surface area (Å²) in [5.74, 6) is 0.151. The van der Waals surface area contributed by atoms with E-state index in [4.69, 9.17) is 4.52 Å². The van der Waals surface area contributed by atoms with Gasteiger partial charge in [0.25, 0.3) is 0 Å². The minimum absolute atomic E-state index is 0.0206. The number of carbonyl (C=O) groups excluding carboxylic acids is 1. The lowest BCUT2D eigenvalue weighted by Gasteiger charge is -2.21. The zero-order valence-electron chi connectivity index (χ0n) is 17.0. The second-order valence-electron chi connectivity index (χ2n) is 7.56. The maximum absolute atomic E-state index is 13.4. The van der Waals surface area contributed by atoms with Gasteiger partial charge in [-0.15, -0.1) is 0 Å². The van der Waals surface area contributed by atoms with Crippen LogP contribution < -0.4 is 0 Å². The molecule has 32 heavy (non-hydrogen) atoms. The second-order valence-corrected chi connectivity index (χ2v) is 7.56. The SMILES string of the molecule is O=C1CCN(Cc2nc(-c3ccc(C(F)(F)F)cc3)no2)CCN1Cc1cccc(F)c1. The predicted molar refractivity (Wildman–Crippen MR) is 106 cm³/mol. The van der Waals surface area contributed by atoms with Crippen molar-refractivity contribution < 1.29 is 26.9 Å². The molecular formula is C22H20F4N4O2. The highest BCUT2D eigenvalue weighted by atomic mass is 19.4. The minimum Gasteiger partial charge on any atom is -0.338 e.